The van der Waals surface area contributed by atoms with E-state index in [9.17, 15) is 0 Å². The third-order valence-corrected chi connectivity index (χ3v) is 4.74. The number of ether oxygens (including phenoxy) is 1. The van der Waals surface area contributed by atoms with Crippen molar-refractivity contribution in [2.45, 2.75) is 6.92 Å². The van der Waals surface area contributed by atoms with Gasteiger partial charge in [-0.15, -0.1) is 0 Å². The van der Waals surface area contributed by atoms with E-state index in [1.54, 1.807) is 18.5 Å². The van der Waals surface area contributed by atoms with Crippen molar-refractivity contribution in [3.8, 4) is 11.4 Å². The Morgan fingerprint density at radius 3 is 2.64 bits per heavy atom. The van der Waals surface area contributed by atoms with Gasteiger partial charge >= 0.3 is 0 Å². The molecule has 0 atom stereocenters. The van der Waals surface area contributed by atoms with Gasteiger partial charge in [0.25, 0.3) is 0 Å². The van der Waals surface area contributed by atoms with Crippen LogP contribution in [-0.4, -0.2) is 47.0 Å². The normalized spacial score (nSPS) is 14.1. The van der Waals surface area contributed by atoms with Crippen molar-refractivity contribution in [3.63, 3.8) is 0 Å². The summed E-state index contributed by atoms with van der Waals surface area (Å²) in [6.45, 7) is 4.90. The number of nitrogens with two attached hydrogens (primary N) is 1. The molecule has 7 heteroatoms. The standard InChI is InChI=1S/C21H22N6O/c1-14-4-6-25-21(26-14)16-2-3-18(22)17(12-16)20(23)15-5-7-24-19(13-15)27-8-10-28-11-9-27/h2-7,12-13,23H,8-11,22H2,1H3. The maximum Gasteiger partial charge on any atom is 0.159 e. The molecular weight excluding hydrogens is 352 g/mol. The zero-order valence-corrected chi connectivity index (χ0v) is 15.7. The molecule has 0 aliphatic carbocycles. The molecule has 1 saturated heterocycles. The van der Waals surface area contributed by atoms with E-state index >= 15 is 0 Å². The van der Waals surface area contributed by atoms with Gasteiger partial charge in [-0.25, -0.2) is 15.0 Å². The molecule has 0 bridgehead atoms. The second kappa shape index (κ2) is 7.74. The van der Waals surface area contributed by atoms with Gasteiger partial charge in [0.2, 0.25) is 0 Å². The maximum atomic E-state index is 8.73. The van der Waals surface area contributed by atoms with E-state index in [1.165, 1.54) is 0 Å². The molecule has 0 amide bonds. The predicted octanol–water partition coefficient (Wildman–Crippen LogP) is 2.68. The van der Waals surface area contributed by atoms with Crippen LogP contribution in [0.1, 0.15) is 16.8 Å². The molecule has 0 unspecified atom stereocenters. The summed E-state index contributed by atoms with van der Waals surface area (Å²) in [5.41, 5.74) is 10.2. The molecule has 28 heavy (non-hydrogen) atoms. The summed E-state index contributed by atoms with van der Waals surface area (Å²) in [5, 5.41) is 8.73. The van der Waals surface area contributed by atoms with Crippen molar-refractivity contribution in [3.05, 3.63) is 65.6 Å². The number of hydrogen-bond donors (Lipinski definition) is 2. The number of nitrogen functional groups attached to an aromatic ring is 1. The summed E-state index contributed by atoms with van der Waals surface area (Å²) in [6, 6.07) is 11.2. The first-order valence-corrected chi connectivity index (χ1v) is 9.19. The molecule has 1 fully saturated rings. The number of rotatable bonds is 4. The van der Waals surface area contributed by atoms with Crippen LogP contribution in [0.2, 0.25) is 0 Å². The van der Waals surface area contributed by atoms with Crippen LogP contribution in [-0.2, 0) is 4.74 Å². The molecule has 4 rings (SSSR count). The van der Waals surface area contributed by atoms with Crippen molar-refractivity contribution in [2.24, 2.45) is 0 Å². The smallest absolute Gasteiger partial charge is 0.159 e. The molecule has 3 aromatic rings. The molecular formula is C21H22N6O. The van der Waals surface area contributed by atoms with Gasteiger partial charge in [0.05, 0.1) is 18.9 Å². The minimum atomic E-state index is 0.351. The quantitative estimate of drug-likeness (QED) is 0.538. The fraction of sp³-hybridized carbons (Fsp3) is 0.238. The first-order chi connectivity index (χ1) is 13.6. The highest BCUT2D eigenvalue weighted by molar-refractivity contribution is 6.14. The summed E-state index contributed by atoms with van der Waals surface area (Å²) in [7, 11) is 0. The van der Waals surface area contributed by atoms with Gasteiger partial charge in [-0.3, -0.25) is 5.41 Å². The predicted molar refractivity (Wildman–Crippen MR) is 110 cm³/mol. The van der Waals surface area contributed by atoms with Crippen LogP contribution in [0.25, 0.3) is 11.4 Å². The third-order valence-electron chi connectivity index (χ3n) is 4.74. The van der Waals surface area contributed by atoms with Crippen LogP contribution in [0.15, 0.2) is 48.8 Å². The van der Waals surface area contributed by atoms with Crippen molar-refractivity contribution in [1.29, 1.82) is 5.41 Å². The molecule has 1 aliphatic heterocycles. The number of nitrogens with one attached hydrogen (secondary N) is 1. The average molecular weight is 374 g/mol. The second-order valence-corrected chi connectivity index (χ2v) is 6.70. The Morgan fingerprint density at radius 1 is 1.07 bits per heavy atom. The number of nitrogens with zero attached hydrogens (tertiary/aromatic N) is 4. The van der Waals surface area contributed by atoms with E-state index in [0.717, 1.165) is 35.7 Å². The first kappa shape index (κ1) is 18.1. The van der Waals surface area contributed by atoms with Crippen molar-refractivity contribution in [2.75, 3.05) is 36.9 Å². The van der Waals surface area contributed by atoms with Crippen LogP contribution in [0.5, 0.6) is 0 Å². The molecule has 3 N–H and O–H groups in total. The number of aryl methyl sites for hydroxylation is 1. The van der Waals surface area contributed by atoms with E-state index in [0.29, 0.717) is 36.0 Å². The van der Waals surface area contributed by atoms with Gasteiger partial charge in [0, 0.05) is 53.6 Å². The van der Waals surface area contributed by atoms with Crippen LogP contribution in [0.4, 0.5) is 11.5 Å². The summed E-state index contributed by atoms with van der Waals surface area (Å²) in [5.74, 6) is 1.47. The number of pyridine rings is 1. The van der Waals surface area contributed by atoms with E-state index in [4.69, 9.17) is 15.9 Å². The Labute approximate surface area is 163 Å². The molecule has 0 saturated carbocycles. The Hall–Kier alpha value is -3.32. The fourth-order valence-electron chi connectivity index (χ4n) is 3.19. The lowest BCUT2D eigenvalue weighted by atomic mass is 9.99. The fourth-order valence-corrected chi connectivity index (χ4v) is 3.19. The second-order valence-electron chi connectivity index (χ2n) is 6.70. The van der Waals surface area contributed by atoms with E-state index in [1.807, 2.05) is 37.3 Å². The average Bonchev–Trinajstić information content (AvgIpc) is 2.74. The minimum Gasteiger partial charge on any atom is -0.398 e. The number of morpholine rings is 1. The van der Waals surface area contributed by atoms with Crippen molar-refractivity contribution < 1.29 is 4.74 Å². The van der Waals surface area contributed by atoms with Gasteiger partial charge in [0.1, 0.15) is 5.82 Å². The first-order valence-electron chi connectivity index (χ1n) is 9.19. The number of anilines is 2. The molecule has 0 spiro atoms. The maximum absolute atomic E-state index is 8.73. The van der Waals surface area contributed by atoms with Crippen LogP contribution in [0, 0.1) is 12.3 Å². The molecule has 142 valence electrons. The van der Waals surface area contributed by atoms with Gasteiger partial charge in [-0.05, 0) is 43.3 Å². The summed E-state index contributed by atoms with van der Waals surface area (Å²) in [6.07, 6.45) is 3.47. The van der Waals surface area contributed by atoms with Gasteiger partial charge in [0.15, 0.2) is 5.82 Å². The Bertz CT molecular complexity index is 1010. The molecule has 0 radical (unpaired) electrons. The summed E-state index contributed by atoms with van der Waals surface area (Å²) in [4.78, 5) is 15.4. The van der Waals surface area contributed by atoms with E-state index < -0.39 is 0 Å². The lowest BCUT2D eigenvalue weighted by molar-refractivity contribution is 0.122. The Kier molecular flexibility index (Phi) is 4.99. The number of aromatic nitrogens is 3. The lowest BCUT2D eigenvalue weighted by Crippen LogP contribution is -2.36. The SMILES string of the molecule is Cc1ccnc(-c2ccc(N)c(C(=N)c3ccnc(N4CCOCC4)c3)c2)n1. The van der Waals surface area contributed by atoms with Crippen molar-refractivity contribution >= 4 is 17.2 Å². The highest BCUT2D eigenvalue weighted by Crippen LogP contribution is 2.25. The van der Waals surface area contributed by atoms with Crippen LogP contribution in [0.3, 0.4) is 0 Å². The van der Waals surface area contributed by atoms with Crippen molar-refractivity contribution in [1.82, 2.24) is 15.0 Å². The topological polar surface area (TPSA) is 101 Å². The minimum absolute atomic E-state index is 0.351. The van der Waals surface area contributed by atoms with Gasteiger partial charge in [-0.1, -0.05) is 0 Å². The highest BCUT2D eigenvalue weighted by atomic mass is 16.5. The zero-order chi connectivity index (χ0) is 19.5. The van der Waals surface area contributed by atoms with Crippen LogP contribution >= 0.6 is 0 Å². The number of benzene rings is 1. The molecule has 7 nitrogen and oxygen atoms in total. The summed E-state index contributed by atoms with van der Waals surface area (Å²) >= 11 is 0. The van der Waals surface area contributed by atoms with E-state index in [-0.39, 0.29) is 0 Å². The largest absolute Gasteiger partial charge is 0.398 e. The van der Waals surface area contributed by atoms with Crippen LogP contribution < -0.4 is 10.6 Å². The highest BCUT2D eigenvalue weighted by Gasteiger charge is 2.16. The molecule has 2 aromatic heterocycles. The van der Waals surface area contributed by atoms with Gasteiger partial charge in [-0.2, -0.15) is 0 Å². The van der Waals surface area contributed by atoms with Gasteiger partial charge < -0.3 is 15.4 Å². The molecule has 1 aliphatic rings. The third kappa shape index (κ3) is 3.70. The Balaban J connectivity index is 1.67. The Morgan fingerprint density at radius 2 is 1.86 bits per heavy atom. The lowest BCUT2D eigenvalue weighted by Gasteiger charge is -2.28. The monoisotopic (exact) mass is 374 g/mol. The zero-order valence-electron chi connectivity index (χ0n) is 15.7. The number of hydrogen-bond acceptors (Lipinski definition) is 7. The molecule has 3 heterocycles. The summed E-state index contributed by atoms with van der Waals surface area (Å²) < 4.78 is 5.41. The van der Waals surface area contributed by atoms with E-state index in [2.05, 4.69) is 19.9 Å². The molecule has 1 aromatic carbocycles.